The molecule has 0 heterocycles. The highest BCUT2D eigenvalue weighted by Crippen LogP contribution is 2.35. The van der Waals surface area contributed by atoms with Crippen LogP contribution in [-0.2, 0) is 4.79 Å². The molecule has 0 fully saturated rings. The highest BCUT2D eigenvalue weighted by atomic mass is 32.2. The first-order chi connectivity index (χ1) is 9.97. The fourth-order valence-corrected chi connectivity index (χ4v) is 2.96. The number of nitrogens with one attached hydrogen (secondary N) is 1. The van der Waals surface area contributed by atoms with E-state index in [4.69, 9.17) is 5.73 Å². The molecule has 1 atom stereocenters. The molecule has 0 aliphatic heterocycles. The van der Waals surface area contributed by atoms with Crippen molar-refractivity contribution in [1.82, 2.24) is 0 Å². The summed E-state index contributed by atoms with van der Waals surface area (Å²) in [7, 11) is 0. The molecule has 0 bridgehead atoms. The number of carbonyl (C=O) groups is 1. The molecular formula is C16H17FN2OS. The van der Waals surface area contributed by atoms with Gasteiger partial charge in [0.05, 0.1) is 4.90 Å². The van der Waals surface area contributed by atoms with Crippen molar-refractivity contribution in [2.24, 2.45) is 5.73 Å². The zero-order chi connectivity index (χ0) is 15.4. The lowest BCUT2D eigenvalue weighted by atomic mass is 10.1. The summed E-state index contributed by atoms with van der Waals surface area (Å²) in [6.45, 7) is 3.29. The third-order valence-electron chi connectivity index (χ3n) is 2.88. The summed E-state index contributed by atoms with van der Waals surface area (Å²) in [5.74, 6) is -0.399. The molecule has 0 aliphatic rings. The number of hydrogen-bond acceptors (Lipinski definition) is 3. The molecule has 5 heteroatoms. The molecule has 3 N–H and O–H groups in total. The van der Waals surface area contributed by atoms with Crippen molar-refractivity contribution in [3.8, 4) is 0 Å². The summed E-state index contributed by atoms with van der Waals surface area (Å²) < 4.78 is 14.0. The number of anilines is 1. The number of hydrogen-bond donors (Lipinski definition) is 2. The molecule has 2 aromatic rings. The van der Waals surface area contributed by atoms with Crippen LogP contribution in [0.1, 0.15) is 25.5 Å². The average molecular weight is 304 g/mol. The molecule has 0 aliphatic carbocycles. The lowest BCUT2D eigenvalue weighted by molar-refractivity contribution is -0.114. The van der Waals surface area contributed by atoms with Gasteiger partial charge < -0.3 is 11.1 Å². The molecule has 0 radical (unpaired) electrons. The minimum absolute atomic E-state index is 0.122. The van der Waals surface area contributed by atoms with E-state index in [0.717, 1.165) is 10.5 Å². The molecule has 3 nitrogen and oxygen atoms in total. The third-order valence-corrected chi connectivity index (χ3v) is 4.03. The molecule has 1 amide bonds. The van der Waals surface area contributed by atoms with Gasteiger partial charge >= 0.3 is 0 Å². The van der Waals surface area contributed by atoms with Crippen LogP contribution in [0.15, 0.2) is 52.3 Å². The van der Waals surface area contributed by atoms with Crippen LogP contribution < -0.4 is 11.1 Å². The van der Waals surface area contributed by atoms with Crippen LogP contribution in [0.5, 0.6) is 0 Å². The maximum absolute atomic E-state index is 14.0. The summed E-state index contributed by atoms with van der Waals surface area (Å²) in [6.07, 6.45) is 0. The topological polar surface area (TPSA) is 55.1 Å². The molecule has 2 aromatic carbocycles. The monoisotopic (exact) mass is 304 g/mol. The fraction of sp³-hybridized carbons (Fsp3) is 0.188. The van der Waals surface area contributed by atoms with Gasteiger partial charge in [0.15, 0.2) is 0 Å². The second-order valence-corrected chi connectivity index (χ2v) is 5.84. The van der Waals surface area contributed by atoms with E-state index in [0.29, 0.717) is 10.6 Å². The van der Waals surface area contributed by atoms with Crippen molar-refractivity contribution in [2.75, 3.05) is 5.32 Å². The van der Waals surface area contributed by atoms with E-state index in [2.05, 4.69) is 5.32 Å². The standard InChI is InChI=1S/C16H17FN2OS/c1-10(18)14-4-3-5-15(17)16(14)21-13-8-6-12(7-9-13)19-11(2)20/h3-10H,18H2,1-2H3,(H,19,20)/t10-/m0/s1. The second kappa shape index (κ2) is 6.74. The van der Waals surface area contributed by atoms with Crippen LogP contribution in [0, 0.1) is 5.82 Å². The Hall–Kier alpha value is -1.85. The van der Waals surface area contributed by atoms with Crippen LogP contribution in [-0.4, -0.2) is 5.91 Å². The smallest absolute Gasteiger partial charge is 0.221 e. The van der Waals surface area contributed by atoms with Crippen LogP contribution in [0.2, 0.25) is 0 Å². The minimum atomic E-state index is -0.277. The quantitative estimate of drug-likeness (QED) is 0.899. The Morgan fingerprint density at radius 3 is 2.48 bits per heavy atom. The Labute approximate surface area is 127 Å². The van der Waals surface area contributed by atoms with Crippen molar-refractivity contribution in [1.29, 1.82) is 0 Å². The van der Waals surface area contributed by atoms with Crippen LogP contribution in [0.25, 0.3) is 0 Å². The highest BCUT2D eigenvalue weighted by Gasteiger charge is 2.13. The maximum Gasteiger partial charge on any atom is 0.221 e. The van der Waals surface area contributed by atoms with E-state index in [1.807, 2.05) is 25.1 Å². The van der Waals surface area contributed by atoms with Gasteiger partial charge in [0.2, 0.25) is 5.91 Å². The molecule has 2 rings (SSSR count). The van der Waals surface area contributed by atoms with Gasteiger partial charge in [0, 0.05) is 23.5 Å². The van der Waals surface area contributed by atoms with E-state index in [9.17, 15) is 9.18 Å². The molecule has 0 saturated carbocycles. The Kier molecular flexibility index (Phi) is 4.98. The predicted octanol–water partition coefficient (Wildman–Crippen LogP) is 3.96. The Balaban J connectivity index is 2.24. The average Bonchev–Trinajstić information content (AvgIpc) is 2.42. The molecule has 0 saturated heterocycles. The van der Waals surface area contributed by atoms with E-state index in [1.54, 1.807) is 18.2 Å². The van der Waals surface area contributed by atoms with Crippen molar-refractivity contribution in [3.05, 3.63) is 53.8 Å². The van der Waals surface area contributed by atoms with Gasteiger partial charge in [-0.15, -0.1) is 0 Å². The number of amides is 1. The van der Waals surface area contributed by atoms with Crippen molar-refractivity contribution in [2.45, 2.75) is 29.7 Å². The molecule has 21 heavy (non-hydrogen) atoms. The van der Waals surface area contributed by atoms with Gasteiger partial charge in [-0.2, -0.15) is 0 Å². The first-order valence-corrected chi connectivity index (χ1v) is 7.38. The highest BCUT2D eigenvalue weighted by molar-refractivity contribution is 7.99. The first kappa shape index (κ1) is 15.5. The van der Waals surface area contributed by atoms with Gasteiger partial charge in [0.25, 0.3) is 0 Å². The molecule has 0 aromatic heterocycles. The number of halogens is 1. The summed E-state index contributed by atoms with van der Waals surface area (Å²) in [5, 5.41) is 2.69. The number of carbonyl (C=O) groups excluding carboxylic acids is 1. The Bertz CT molecular complexity index is 641. The molecule has 110 valence electrons. The summed E-state index contributed by atoms with van der Waals surface area (Å²) in [4.78, 5) is 12.4. The lowest BCUT2D eigenvalue weighted by Gasteiger charge is -2.13. The largest absolute Gasteiger partial charge is 0.326 e. The van der Waals surface area contributed by atoms with Gasteiger partial charge in [-0.25, -0.2) is 4.39 Å². The number of nitrogens with two attached hydrogens (primary N) is 1. The molecule has 0 spiro atoms. The fourth-order valence-electron chi connectivity index (χ4n) is 1.92. The Morgan fingerprint density at radius 1 is 1.24 bits per heavy atom. The van der Waals surface area contributed by atoms with E-state index in [1.165, 1.54) is 24.8 Å². The summed E-state index contributed by atoms with van der Waals surface area (Å²) in [6, 6.07) is 12.0. The maximum atomic E-state index is 14.0. The van der Waals surface area contributed by atoms with Gasteiger partial charge in [-0.3, -0.25) is 4.79 Å². The second-order valence-electron chi connectivity index (χ2n) is 4.75. The Morgan fingerprint density at radius 2 is 1.90 bits per heavy atom. The third kappa shape index (κ3) is 4.06. The zero-order valence-electron chi connectivity index (χ0n) is 11.9. The minimum Gasteiger partial charge on any atom is -0.326 e. The van der Waals surface area contributed by atoms with Gasteiger partial charge in [0.1, 0.15) is 5.82 Å². The zero-order valence-corrected chi connectivity index (χ0v) is 12.7. The van der Waals surface area contributed by atoms with Crippen LogP contribution in [0.4, 0.5) is 10.1 Å². The van der Waals surface area contributed by atoms with Crippen molar-refractivity contribution < 1.29 is 9.18 Å². The summed E-state index contributed by atoms with van der Waals surface area (Å²) in [5.41, 5.74) is 7.39. The van der Waals surface area contributed by atoms with E-state index < -0.39 is 0 Å². The molecular weight excluding hydrogens is 287 g/mol. The number of rotatable bonds is 4. The lowest BCUT2D eigenvalue weighted by Crippen LogP contribution is -2.07. The van der Waals surface area contributed by atoms with Crippen LogP contribution >= 0.6 is 11.8 Å². The van der Waals surface area contributed by atoms with Crippen molar-refractivity contribution >= 4 is 23.4 Å². The normalized spacial score (nSPS) is 12.0. The van der Waals surface area contributed by atoms with Crippen LogP contribution in [0.3, 0.4) is 0 Å². The number of benzene rings is 2. The van der Waals surface area contributed by atoms with E-state index in [-0.39, 0.29) is 17.8 Å². The SMILES string of the molecule is CC(=O)Nc1ccc(Sc2c(F)cccc2[C@H](C)N)cc1. The summed E-state index contributed by atoms with van der Waals surface area (Å²) >= 11 is 1.33. The van der Waals surface area contributed by atoms with Crippen molar-refractivity contribution in [3.63, 3.8) is 0 Å². The van der Waals surface area contributed by atoms with E-state index >= 15 is 0 Å². The predicted molar refractivity (Wildman–Crippen MR) is 83.9 cm³/mol. The first-order valence-electron chi connectivity index (χ1n) is 6.57. The van der Waals surface area contributed by atoms with Gasteiger partial charge in [-0.05, 0) is 42.8 Å². The van der Waals surface area contributed by atoms with Gasteiger partial charge in [-0.1, -0.05) is 23.9 Å². The molecule has 0 unspecified atom stereocenters.